The summed E-state index contributed by atoms with van der Waals surface area (Å²) >= 11 is 1.51. The number of aryl methyl sites for hydroxylation is 1. The number of hydrogen-bond donors (Lipinski definition) is 1. The van der Waals surface area contributed by atoms with E-state index in [2.05, 4.69) is 10.3 Å². The highest BCUT2D eigenvalue weighted by Gasteiger charge is 2.25. The zero-order valence-corrected chi connectivity index (χ0v) is 14.6. The molecule has 1 aliphatic rings. The second kappa shape index (κ2) is 6.48. The summed E-state index contributed by atoms with van der Waals surface area (Å²) in [6.07, 6.45) is 0.787. The molecule has 2 heterocycles. The molecule has 1 N–H and O–H groups in total. The van der Waals surface area contributed by atoms with Crippen molar-refractivity contribution in [3.63, 3.8) is 0 Å². The Kier molecular flexibility index (Phi) is 4.17. The largest absolute Gasteiger partial charge is 0.345 e. The Morgan fingerprint density at radius 1 is 1.24 bits per heavy atom. The van der Waals surface area contributed by atoms with Gasteiger partial charge in [-0.25, -0.2) is 4.39 Å². The van der Waals surface area contributed by atoms with Gasteiger partial charge in [0.15, 0.2) is 0 Å². The number of hydrogen-bond acceptors (Lipinski definition) is 3. The van der Waals surface area contributed by atoms with Crippen LogP contribution in [0.4, 0.5) is 4.39 Å². The van der Waals surface area contributed by atoms with Gasteiger partial charge in [-0.2, -0.15) is 0 Å². The fraction of sp³-hybridized carbons (Fsp3) is 0.200. The van der Waals surface area contributed by atoms with E-state index in [-0.39, 0.29) is 17.8 Å². The molecule has 0 spiro atoms. The molecule has 0 fully saturated rings. The van der Waals surface area contributed by atoms with E-state index in [1.165, 1.54) is 17.8 Å². The number of nitrogens with one attached hydrogen (secondary N) is 1. The predicted octanol–water partition coefficient (Wildman–Crippen LogP) is 4.65. The molecule has 3 nitrogen and oxygen atoms in total. The number of thioether (sulfide) groups is 1. The summed E-state index contributed by atoms with van der Waals surface area (Å²) in [5.41, 5.74) is 3.08. The Hall–Kier alpha value is -2.40. The Balaban J connectivity index is 1.70. The number of carbonyl (C=O) groups is 1. The van der Waals surface area contributed by atoms with Gasteiger partial charge in [-0.1, -0.05) is 30.3 Å². The zero-order chi connectivity index (χ0) is 17.4. The molecule has 25 heavy (non-hydrogen) atoms. The molecule has 0 aliphatic carbocycles. The first-order chi connectivity index (χ1) is 12.1. The van der Waals surface area contributed by atoms with Crippen LogP contribution >= 0.6 is 11.8 Å². The average molecular weight is 352 g/mol. The standard InChI is InChI=1S/C20H17FN2OS/c1-12-11-15(13-5-2-3-8-17(13)22-12)20(24)23-18-9-10-25-19-14(18)6-4-7-16(19)21/h2-8,11,18H,9-10H2,1H3,(H,23,24). The molecule has 1 atom stereocenters. The van der Waals surface area contributed by atoms with Crippen LogP contribution in [0.1, 0.15) is 34.1 Å². The SMILES string of the molecule is Cc1cc(C(=O)NC2CCSc3c(F)cccc32)c2ccccc2n1. The van der Waals surface area contributed by atoms with Crippen LogP contribution in [0.3, 0.4) is 0 Å². The first-order valence-corrected chi connectivity index (χ1v) is 9.20. The van der Waals surface area contributed by atoms with Gasteiger partial charge in [0, 0.05) is 21.7 Å². The minimum absolute atomic E-state index is 0.145. The lowest BCUT2D eigenvalue weighted by atomic mass is 10.0. The van der Waals surface area contributed by atoms with Crippen LogP contribution in [0.5, 0.6) is 0 Å². The molecular weight excluding hydrogens is 335 g/mol. The molecule has 5 heteroatoms. The smallest absolute Gasteiger partial charge is 0.252 e. The molecule has 0 saturated heterocycles. The van der Waals surface area contributed by atoms with E-state index in [9.17, 15) is 9.18 Å². The van der Waals surface area contributed by atoms with Crippen molar-refractivity contribution in [2.45, 2.75) is 24.3 Å². The van der Waals surface area contributed by atoms with E-state index >= 15 is 0 Å². The number of nitrogens with zero attached hydrogens (tertiary/aromatic N) is 1. The second-order valence-corrected chi connectivity index (χ2v) is 7.25. The Bertz CT molecular complexity index is 973. The fourth-order valence-corrected chi connectivity index (χ4v) is 4.41. The normalized spacial score (nSPS) is 16.5. The van der Waals surface area contributed by atoms with Crippen molar-refractivity contribution < 1.29 is 9.18 Å². The van der Waals surface area contributed by atoms with Gasteiger partial charge >= 0.3 is 0 Å². The summed E-state index contributed by atoms with van der Waals surface area (Å²) in [6.45, 7) is 1.88. The molecule has 1 amide bonds. The van der Waals surface area contributed by atoms with Gasteiger partial charge in [0.05, 0.1) is 17.1 Å². The minimum Gasteiger partial charge on any atom is -0.345 e. The Labute approximate surface area is 149 Å². The summed E-state index contributed by atoms with van der Waals surface area (Å²) in [7, 11) is 0. The number of amides is 1. The molecule has 0 radical (unpaired) electrons. The van der Waals surface area contributed by atoms with Crippen molar-refractivity contribution in [2.24, 2.45) is 0 Å². The number of aromatic nitrogens is 1. The van der Waals surface area contributed by atoms with Gasteiger partial charge in [0.2, 0.25) is 0 Å². The number of halogens is 1. The van der Waals surface area contributed by atoms with E-state index in [1.807, 2.05) is 43.3 Å². The van der Waals surface area contributed by atoms with Crippen molar-refractivity contribution in [1.82, 2.24) is 10.3 Å². The predicted molar refractivity (Wildman–Crippen MR) is 98.4 cm³/mol. The van der Waals surface area contributed by atoms with Crippen LogP contribution in [0.15, 0.2) is 53.4 Å². The van der Waals surface area contributed by atoms with E-state index in [1.54, 1.807) is 6.07 Å². The van der Waals surface area contributed by atoms with Crippen LogP contribution in [0.2, 0.25) is 0 Å². The number of para-hydroxylation sites is 1. The fourth-order valence-electron chi connectivity index (χ4n) is 3.27. The number of pyridine rings is 1. The van der Waals surface area contributed by atoms with Gasteiger partial charge < -0.3 is 5.32 Å². The van der Waals surface area contributed by atoms with Crippen molar-refractivity contribution in [3.05, 3.63) is 71.2 Å². The lowest BCUT2D eigenvalue weighted by molar-refractivity contribution is 0.0936. The summed E-state index contributed by atoms with van der Waals surface area (Å²) < 4.78 is 14.0. The van der Waals surface area contributed by atoms with Crippen LogP contribution in [0, 0.1) is 12.7 Å². The van der Waals surface area contributed by atoms with E-state index in [4.69, 9.17) is 0 Å². The lowest BCUT2D eigenvalue weighted by Gasteiger charge is -2.26. The van der Waals surface area contributed by atoms with Crippen LogP contribution in [0.25, 0.3) is 10.9 Å². The van der Waals surface area contributed by atoms with Crippen molar-refractivity contribution in [2.75, 3.05) is 5.75 Å². The van der Waals surface area contributed by atoms with Crippen molar-refractivity contribution >= 4 is 28.6 Å². The average Bonchev–Trinajstić information content (AvgIpc) is 2.62. The number of fused-ring (bicyclic) bond motifs is 2. The summed E-state index contributed by atoms with van der Waals surface area (Å²) in [4.78, 5) is 18.1. The van der Waals surface area contributed by atoms with Gasteiger partial charge in [-0.15, -0.1) is 11.8 Å². The molecule has 1 aromatic heterocycles. The highest BCUT2D eigenvalue weighted by atomic mass is 32.2. The molecule has 0 bridgehead atoms. The van der Waals surface area contributed by atoms with E-state index in [0.29, 0.717) is 10.5 Å². The summed E-state index contributed by atoms with van der Waals surface area (Å²) in [6, 6.07) is 14.3. The third kappa shape index (κ3) is 3.00. The van der Waals surface area contributed by atoms with Gasteiger partial charge in [-0.05, 0) is 37.1 Å². The molecule has 4 rings (SSSR count). The van der Waals surface area contributed by atoms with Gasteiger partial charge in [0.1, 0.15) is 5.82 Å². The number of benzene rings is 2. The molecule has 126 valence electrons. The monoisotopic (exact) mass is 352 g/mol. The molecular formula is C20H17FN2OS. The van der Waals surface area contributed by atoms with Crippen LogP contribution in [-0.4, -0.2) is 16.6 Å². The van der Waals surface area contributed by atoms with Crippen LogP contribution < -0.4 is 5.32 Å². The molecule has 3 aromatic rings. The molecule has 2 aromatic carbocycles. The molecule has 1 unspecified atom stereocenters. The van der Waals surface area contributed by atoms with Crippen molar-refractivity contribution in [1.29, 1.82) is 0 Å². The zero-order valence-electron chi connectivity index (χ0n) is 13.8. The number of rotatable bonds is 2. The van der Waals surface area contributed by atoms with Crippen molar-refractivity contribution in [3.8, 4) is 0 Å². The maximum Gasteiger partial charge on any atom is 0.252 e. The van der Waals surface area contributed by atoms with E-state index in [0.717, 1.165) is 34.3 Å². The maximum absolute atomic E-state index is 14.0. The minimum atomic E-state index is -0.216. The first-order valence-electron chi connectivity index (χ1n) is 8.22. The second-order valence-electron chi connectivity index (χ2n) is 6.15. The molecule has 0 saturated carbocycles. The summed E-state index contributed by atoms with van der Waals surface area (Å²) in [5, 5.41) is 3.92. The van der Waals surface area contributed by atoms with Gasteiger partial charge in [-0.3, -0.25) is 9.78 Å². The number of carbonyl (C=O) groups excluding carboxylic acids is 1. The summed E-state index contributed by atoms with van der Waals surface area (Å²) in [5.74, 6) is 0.426. The molecule has 1 aliphatic heterocycles. The lowest BCUT2D eigenvalue weighted by Crippen LogP contribution is -2.31. The Morgan fingerprint density at radius 2 is 2.08 bits per heavy atom. The highest BCUT2D eigenvalue weighted by molar-refractivity contribution is 7.99. The van der Waals surface area contributed by atoms with E-state index < -0.39 is 0 Å². The first kappa shape index (κ1) is 16.1. The van der Waals surface area contributed by atoms with Gasteiger partial charge in [0.25, 0.3) is 5.91 Å². The third-order valence-corrected chi connectivity index (χ3v) is 5.58. The maximum atomic E-state index is 14.0. The topological polar surface area (TPSA) is 42.0 Å². The quantitative estimate of drug-likeness (QED) is 0.730. The highest BCUT2D eigenvalue weighted by Crippen LogP contribution is 2.38. The van der Waals surface area contributed by atoms with Crippen LogP contribution in [-0.2, 0) is 0 Å². The third-order valence-electron chi connectivity index (χ3n) is 4.42. The Morgan fingerprint density at radius 3 is 2.96 bits per heavy atom.